The van der Waals surface area contributed by atoms with E-state index in [-0.39, 0.29) is 5.75 Å². The molecule has 4 N–H and O–H groups in total. The quantitative estimate of drug-likeness (QED) is 0.195. The van der Waals surface area contributed by atoms with Crippen molar-refractivity contribution in [2.24, 2.45) is 0 Å². The Hall–Kier alpha value is -3.24. The van der Waals surface area contributed by atoms with Gasteiger partial charge in [0, 0.05) is 12.3 Å². The zero-order valence-electron chi connectivity index (χ0n) is 18.7. The Labute approximate surface area is 199 Å². The molecule has 3 rings (SSSR count). The molecule has 0 amide bonds. The molecule has 6 atom stereocenters. The molecule has 35 heavy (non-hydrogen) atoms. The van der Waals surface area contributed by atoms with E-state index < -0.39 is 61.7 Å². The topological polar surface area (TPSA) is 178 Å². The van der Waals surface area contributed by atoms with Crippen LogP contribution in [0.4, 0.5) is 0 Å². The van der Waals surface area contributed by atoms with Gasteiger partial charge < -0.3 is 24.2 Å². The molecule has 0 radical (unpaired) electrons. The minimum Gasteiger partial charge on any atom is -0.468 e. The smallest absolute Gasteiger partial charge is 0.459 e. The molecule has 13 nitrogen and oxygen atoms in total. The second-order valence-corrected chi connectivity index (χ2v) is 9.22. The number of aromatic amines is 1. The highest BCUT2D eigenvalue weighted by atomic mass is 31.2. The van der Waals surface area contributed by atoms with Gasteiger partial charge in [0.1, 0.15) is 24.0 Å². The van der Waals surface area contributed by atoms with Crippen molar-refractivity contribution in [3.63, 3.8) is 0 Å². The number of esters is 1. The number of aliphatic hydroxyl groups excluding tert-OH is 1. The summed E-state index contributed by atoms with van der Waals surface area (Å²) >= 11 is 0. The van der Waals surface area contributed by atoms with Crippen molar-refractivity contribution in [2.45, 2.75) is 37.0 Å². The predicted octanol–water partition coefficient (Wildman–Crippen LogP) is -0.486. The van der Waals surface area contributed by atoms with E-state index in [9.17, 15) is 29.2 Å². The maximum Gasteiger partial charge on any atom is 0.459 e. The van der Waals surface area contributed by atoms with Crippen molar-refractivity contribution in [1.29, 1.82) is 0 Å². The molecule has 1 aromatic heterocycles. The first-order valence-corrected chi connectivity index (χ1v) is 11.8. The maximum atomic E-state index is 13.5. The molecule has 0 spiro atoms. The average Bonchev–Trinajstić information content (AvgIpc) is 3.08. The number of carbonyl (C=O) groups excluding carboxylic acids is 1. The fraction of sp³-hybridized carbons (Fsp3) is 0.381. The van der Waals surface area contributed by atoms with Crippen LogP contribution in [0.5, 0.6) is 5.75 Å². The highest BCUT2D eigenvalue weighted by molar-refractivity contribution is 7.52. The molecular weight excluding hydrogens is 485 g/mol. The van der Waals surface area contributed by atoms with Crippen LogP contribution in [0.3, 0.4) is 0 Å². The van der Waals surface area contributed by atoms with Crippen LogP contribution in [0.1, 0.15) is 13.2 Å². The van der Waals surface area contributed by atoms with Gasteiger partial charge in [0.2, 0.25) is 0 Å². The number of methoxy groups -OCH3 is 1. The summed E-state index contributed by atoms with van der Waals surface area (Å²) in [5, 5.41) is 24.0. The van der Waals surface area contributed by atoms with Gasteiger partial charge in [-0.25, -0.2) is 9.36 Å². The summed E-state index contributed by atoms with van der Waals surface area (Å²) in [6.45, 7) is 0.720. The number of carbonyl (C=O) groups is 1. The van der Waals surface area contributed by atoms with Crippen molar-refractivity contribution < 1.29 is 38.1 Å². The van der Waals surface area contributed by atoms with E-state index in [0.29, 0.717) is 0 Å². The molecule has 1 aliphatic rings. The normalized spacial score (nSPS) is 26.3. The van der Waals surface area contributed by atoms with Crippen LogP contribution >= 0.6 is 7.75 Å². The predicted molar refractivity (Wildman–Crippen MR) is 120 cm³/mol. The average molecular weight is 509 g/mol. The third kappa shape index (κ3) is 5.71. The molecule has 1 aromatic carbocycles. The first kappa shape index (κ1) is 26.4. The van der Waals surface area contributed by atoms with E-state index >= 15 is 0 Å². The zero-order chi connectivity index (χ0) is 25.8. The number of ether oxygens (including phenoxy) is 2. The Bertz CT molecular complexity index is 1260. The number of H-pyrrole nitrogens is 1. The van der Waals surface area contributed by atoms with E-state index in [4.69, 9.17) is 20.2 Å². The fourth-order valence-electron chi connectivity index (χ4n) is 3.30. The van der Waals surface area contributed by atoms with Gasteiger partial charge in [0.05, 0.1) is 13.7 Å². The van der Waals surface area contributed by atoms with Crippen molar-refractivity contribution in [2.75, 3.05) is 13.7 Å². The minimum atomic E-state index is -4.29. The number of hydrogen-bond donors (Lipinski definition) is 4. The van der Waals surface area contributed by atoms with Gasteiger partial charge in [-0.15, -0.1) is 6.42 Å². The largest absolute Gasteiger partial charge is 0.468 e. The number of terminal acetylenes is 1. The van der Waals surface area contributed by atoms with E-state index in [2.05, 4.69) is 9.82 Å². The van der Waals surface area contributed by atoms with Crippen LogP contribution in [0.25, 0.3) is 0 Å². The lowest BCUT2D eigenvalue weighted by Gasteiger charge is -2.26. The standard InChI is InChI=1S/C21H24N3O10P/c1-4-21(29)17(26)15(33-19(21)24-11-10-16(25)22-20(24)28)12-32-35(30,23-13(2)18(27)31-3)34-14-8-6-5-7-9-14/h1,5-11,13,15,17,19,26,29H,12H2,2-3H3,(H,23,30)(H,22,25,28)/t13-,15+,17+,19+,21+,35+/m0/s1. The number of benzene rings is 1. The van der Waals surface area contributed by atoms with Crippen molar-refractivity contribution in [3.8, 4) is 18.1 Å². The van der Waals surface area contributed by atoms with Gasteiger partial charge in [-0.2, -0.15) is 5.09 Å². The molecule has 2 heterocycles. The summed E-state index contributed by atoms with van der Waals surface area (Å²) in [5.74, 6) is 1.39. The molecule has 1 fully saturated rings. The summed E-state index contributed by atoms with van der Waals surface area (Å²) in [5.41, 5.74) is -4.05. The second-order valence-electron chi connectivity index (χ2n) is 7.53. The molecule has 0 saturated carbocycles. The third-order valence-corrected chi connectivity index (χ3v) is 6.75. The summed E-state index contributed by atoms with van der Waals surface area (Å²) in [4.78, 5) is 37.4. The van der Waals surface area contributed by atoms with Gasteiger partial charge in [-0.3, -0.25) is 23.7 Å². The lowest BCUT2D eigenvalue weighted by molar-refractivity contribution is -0.142. The van der Waals surface area contributed by atoms with E-state index in [0.717, 1.165) is 23.9 Å². The molecular formula is C21H24N3O10P. The summed E-state index contributed by atoms with van der Waals surface area (Å²) in [6.07, 6.45) is 1.63. The summed E-state index contributed by atoms with van der Waals surface area (Å²) in [6, 6.07) is 7.82. The van der Waals surface area contributed by atoms with Crippen LogP contribution in [-0.4, -0.2) is 63.3 Å². The number of para-hydroxylation sites is 1. The van der Waals surface area contributed by atoms with Crippen molar-refractivity contribution in [1.82, 2.24) is 14.6 Å². The number of nitrogens with one attached hydrogen (secondary N) is 2. The molecule has 0 unspecified atom stereocenters. The van der Waals surface area contributed by atoms with Crippen LogP contribution in [0.2, 0.25) is 0 Å². The Balaban J connectivity index is 1.85. The first-order valence-electron chi connectivity index (χ1n) is 10.2. The molecule has 188 valence electrons. The Kier molecular flexibility index (Phi) is 7.97. The van der Waals surface area contributed by atoms with Crippen LogP contribution in [0, 0.1) is 12.3 Å². The molecule has 2 aromatic rings. The van der Waals surface area contributed by atoms with Crippen molar-refractivity contribution in [3.05, 3.63) is 63.4 Å². The number of hydrogen-bond acceptors (Lipinski definition) is 10. The van der Waals surface area contributed by atoms with Gasteiger partial charge in [0.15, 0.2) is 11.8 Å². The number of aliphatic hydroxyl groups is 2. The lowest BCUT2D eigenvalue weighted by Crippen LogP contribution is -2.48. The van der Waals surface area contributed by atoms with Crippen LogP contribution in [0.15, 0.2) is 52.2 Å². The maximum absolute atomic E-state index is 13.5. The molecule has 1 saturated heterocycles. The van der Waals surface area contributed by atoms with Crippen LogP contribution < -0.4 is 20.9 Å². The molecule has 14 heteroatoms. The van der Waals surface area contributed by atoms with E-state index in [1.165, 1.54) is 19.1 Å². The number of rotatable bonds is 9. The first-order chi connectivity index (χ1) is 16.5. The Morgan fingerprint density at radius 3 is 2.66 bits per heavy atom. The monoisotopic (exact) mass is 509 g/mol. The zero-order valence-corrected chi connectivity index (χ0v) is 19.6. The second kappa shape index (κ2) is 10.6. The highest BCUT2D eigenvalue weighted by Crippen LogP contribution is 2.46. The number of nitrogens with zero attached hydrogens (tertiary/aromatic N) is 1. The van der Waals surface area contributed by atoms with Gasteiger partial charge >= 0.3 is 19.4 Å². The number of aromatic nitrogens is 2. The fourth-order valence-corrected chi connectivity index (χ4v) is 4.80. The van der Waals surface area contributed by atoms with E-state index in [1.807, 2.05) is 10.9 Å². The lowest BCUT2D eigenvalue weighted by atomic mass is 9.95. The Morgan fingerprint density at radius 2 is 2.06 bits per heavy atom. The van der Waals surface area contributed by atoms with Gasteiger partial charge in [-0.1, -0.05) is 24.1 Å². The van der Waals surface area contributed by atoms with Gasteiger partial charge in [0.25, 0.3) is 5.56 Å². The highest BCUT2D eigenvalue weighted by Gasteiger charge is 2.56. The summed E-state index contributed by atoms with van der Waals surface area (Å²) < 4.78 is 35.3. The molecule has 0 aliphatic carbocycles. The SMILES string of the molecule is C#C[C@@]1(O)[C@H](O)[C@@H](CO[P@](=O)(N[C@@H](C)C(=O)OC)Oc2ccccc2)O[C@H]1n1ccc(=O)[nH]c1=O. The van der Waals surface area contributed by atoms with Gasteiger partial charge in [-0.05, 0) is 19.1 Å². The molecule has 1 aliphatic heterocycles. The molecule has 0 bridgehead atoms. The minimum absolute atomic E-state index is 0.145. The van der Waals surface area contributed by atoms with E-state index in [1.54, 1.807) is 18.2 Å². The summed E-state index contributed by atoms with van der Waals surface area (Å²) in [7, 11) is -3.15. The van der Waals surface area contributed by atoms with Crippen LogP contribution in [-0.2, 0) is 23.4 Å². The third-order valence-electron chi connectivity index (χ3n) is 5.10. The van der Waals surface area contributed by atoms with Crippen molar-refractivity contribution >= 4 is 13.7 Å². The Morgan fingerprint density at radius 1 is 1.37 bits per heavy atom.